The van der Waals surface area contributed by atoms with Gasteiger partial charge in [0.1, 0.15) is 5.75 Å². The van der Waals surface area contributed by atoms with Crippen molar-refractivity contribution in [2.45, 2.75) is 6.92 Å². The fraction of sp³-hybridized carbons (Fsp3) is 0.182. The van der Waals surface area contributed by atoms with Crippen molar-refractivity contribution in [2.24, 2.45) is 0 Å². The Balaban J connectivity index is 2.82. The Hall–Kier alpha value is -2.17. The minimum atomic E-state index is -0.930. The van der Waals surface area contributed by atoms with Gasteiger partial charge in [0.2, 0.25) is 0 Å². The highest BCUT2D eigenvalue weighted by Crippen LogP contribution is 2.13. The van der Waals surface area contributed by atoms with Crippen LogP contribution >= 0.6 is 0 Å². The highest BCUT2D eigenvalue weighted by molar-refractivity contribution is 6.40. The molecule has 1 aromatic rings. The second-order valence-corrected chi connectivity index (χ2v) is 2.94. The zero-order valence-electron chi connectivity index (χ0n) is 8.85. The van der Waals surface area contributed by atoms with Gasteiger partial charge in [-0.25, -0.2) is 4.79 Å². The molecule has 0 atom stereocenters. The molecule has 0 aliphatic heterocycles. The number of carbonyl (C=O) groups is 3. The first-order chi connectivity index (χ1) is 7.54. The lowest BCUT2D eigenvalue weighted by molar-refractivity contribution is -0.135. The van der Waals surface area contributed by atoms with Crippen LogP contribution in [-0.4, -0.2) is 24.8 Å². The maximum absolute atomic E-state index is 11.3. The minimum Gasteiger partial charge on any atom is -0.463 e. The molecule has 84 valence electrons. The molecule has 1 aromatic carbocycles. The second-order valence-electron chi connectivity index (χ2n) is 2.94. The van der Waals surface area contributed by atoms with E-state index in [0.717, 1.165) is 7.11 Å². The average molecular weight is 222 g/mol. The van der Waals surface area contributed by atoms with Crippen LogP contribution in [-0.2, 0) is 14.3 Å². The van der Waals surface area contributed by atoms with Crippen LogP contribution in [0.5, 0.6) is 5.75 Å². The molecular weight excluding hydrogens is 212 g/mol. The first-order valence-corrected chi connectivity index (χ1v) is 4.45. The Morgan fingerprint density at radius 3 is 2.06 bits per heavy atom. The van der Waals surface area contributed by atoms with Crippen molar-refractivity contribution in [1.82, 2.24) is 0 Å². The summed E-state index contributed by atoms with van der Waals surface area (Å²) in [4.78, 5) is 32.9. The largest absolute Gasteiger partial charge is 0.463 e. The van der Waals surface area contributed by atoms with Gasteiger partial charge in [-0.1, -0.05) is 0 Å². The molecule has 0 N–H and O–H groups in total. The number of benzene rings is 1. The molecule has 0 amide bonds. The minimum absolute atomic E-state index is 0.183. The number of esters is 2. The molecule has 0 saturated heterocycles. The van der Waals surface area contributed by atoms with Gasteiger partial charge in [-0.05, 0) is 24.3 Å². The Morgan fingerprint density at radius 2 is 1.62 bits per heavy atom. The molecule has 0 unspecified atom stereocenters. The molecule has 0 aromatic heterocycles. The van der Waals surface area contributed by atoms with E-state index in [-0.39, 0.29) is 5.56 Å². The summed E-state index contributed by atoms with van der Waals surface area (Å²) in [6, 6.07) is 5.63. The van der Waals surface area contributed by atoms with Crippen LogP contribution in [0.2, 0.25) is 0 Å². The van der Waals surface area contributed by atoms with Crippen molar-refractivity contribution in [3.8, 4) is 5.75 Å². The maximum atomic E-state index is 11.3. The smallest absolute Gasteiger partial charge is 0.379 e. The number of methoxy groups -OCH3 is 1. The van der Waals surface area contributed by atoms with E-state index in [4.69, 9.17) is 4.74 Å². The first-order valence-electron chi connectivity index (χ1n) is 4.45. The number of carbonyl (C=O) groups excluding carboxylic acids is 3. The Kier molecular flexibility index (Phi) is 3.77. The molecule has 0 heterocycles. The summed E-state index contributed by atoms with van der Waals surface area (Å²) >= 11 is 0. The monoisotopic (exact) mass is 222 g/mol. The van der Waals surface area contributed by atoms with Crippen molar-refractivity contribution < 1.29 is 23.9 Å². The van der Waals surface area contributed by atoms with Crippen LogP contribution in [0, 0.1) is 0 Å². The Bertz CT molecular complexity index is 419. The van der Waals surface area contributed by atoms with Crippen LogP contribution in [0.15, 0.2) is 24.3 Å². The van der Waals surface area contributed by atoms with E-state index in [2.05, 4.69) is 4.74 Å². The SMILES string of the molecule is COC(=O)C(=O)c1ccc(OC(C)=O)cc1. The van der Waals surface area contributed by atoms with Gasteiger partial charge in [-0.2, -0.15) is 0 Å². The van der Waals surface area contributed by atoms with E-state index in [1.807, 2.05) is 0 Å². The number of hydrogen-bond acceptors (Lipinski definition) is 5. The summed E-state index contributed by atoms with van der Waals surface area (Å²) in [5.74, 6) is -1.81. The highest BCUT2D eigenvalue weighted by Gasteiger charge is 2.16. The van der Waals surface area contributed by atoms with Crippen molar-refractivity contribution >= 4 is 17.7 Å². The fourth-order valence-electron chi connectivity index (χ4n) is 1.05. The third kappa shape index (κ3) is 2.91. The van der Waals surface area contributed by atoms with E-state index >= 15 is 0 Å². The summed E-state index contributed by atoms with van der Waals surface area (Å²) < 4.78 is 9.06. The zero-order chi connectivity index (χ0) is 12.1. The third-order valence-electron chi connectivity index (χ3n) is 1.75. The van der Waals surface area contributed by atoms with Crippen molar-refractivity contribution in [3.63, 3.8) is 0 Å². The molecule has 0 aliphatic rings. The van der Waals surface area contributed by atoms with Gasteiger partial charge in [0.25, 0.3) is 5.78 Å². The number of Topliss-reactive ketones (excluding diaryl/α,β-unsaturated/α-hetero) is 1. The molecule has 1 rings (SSSR count). The Labute approximate surface area is 92.0 Å². The summed E-state index contributed by atoms with van der Waals surface area (Å²) in [6.45, 7) is 1.27. The molecule has 16 heavy (non-hydrogen) atoms. The van der Waals surface area contributed by atoms with Crippen LogP contribution in [0.1, 0.15) is 17.3 Å². The summed E-state index contributed by atoms with van der Waals surface area (Å²) in [5.41, 5.74) is 0.183. The second kappa shape index (κ2) is 5.06. The van der Waals surface area contributed by atoms with E-state index < -0.39 is 17.7 Å². The van der Waals surface area contributed by atoms with Gasteiger partial charge in [0.15, 0.2) is 0 Å². The van der Waals surface area contributed by atoms with E-state index in [9.17, 15) is 14.4 Å². The van der Waals surface area contributed by atoms with Crippen molar-refractivity contribution in [1.29, 1.82) is 0 Å². The number of ketones is 1. The van der Waals surface area contributed by atoms with Crippen LogP contribution in [0.25, 0.3) is 0 Å². The molecule has 0 bridgehead atoms. The fourth-order valence-corrected chi connectivity index (χ4v) is 1.05. The van der Waals surface area contributed by atoms with Crippen LogP contribution in [0.3, 0.4) is 0 Å². The summed E-state index contributed by atoms with van der Waals surface area (Å²) in [7, 11) is 1.13. The van der Waals surface area contributed by atoms with Gasteiger partial charge >= 0.3 is 11.9 Å². The van der Waals surface area contributed by atoms with Crippen LogP contribution in [0.4, 0.5) is 0 Å². The van der Waals surface area contributed by atoms with Gasteiger partial charge in [-0.3, -0.25) is 9.59 Å². The van der Waals surface area contributed by atoms with E-state index in [1.165, 1.54) is 31.2 Å². The van der Waals surface area contributed by atoms with Crippen LogP contribution < -0.4 is 4.74 Å². The van der Waals surface area contributed by atoms with Gasteiger partial charge in [0.05, 0.1) is 7.11 Å². The number of ether oxygens (including phenoxy) is 2. The Morgan fingerprint density at radius 1 is 1.06 bits per heavy atom. The number of rotatable bonds is 3. The molecule has 0 saturated carbocycles. The predicted molar refractivity (Wildman–Crippen MR) is 54.1 cm³/mol. The zero-order valence-corrected chi connectivity index (χ0v) is 8.85. The summed E-state index contributed by atoms with van der Waals surface area (Å²) in [5, 5.41) is 0. The third-order valence-corrected chi connectivity index (χ3v) is 1.75. The first kappa shape index (κ1) is 11.9. The topological polar surface area (TPSA) is 69.7 Å². The van der Waals surface area contributed by atoms with Crippen molar-refractivity contribution in [2.75, 3.05) is 7.11 Å². The molecule has 5 nitrogen and oxygen atoms in total. The lowest BCUT2D eigenvalue weighted by Crippen LogP contribution is -2.15. The molecule has 0 spiro atoms. The van der Waals surface area contributed by atoms with Crippen molar-refractivity contribution in [3.05, 3.63) is 29.8 Å². The molecular formula is C11H10O5. The average Bonchev–Trinajstić information content (AvgIpc) is 2.27. The molecule has 0 fully saturated rings. The summed E-state index contributed by atoms with van der Waals surface area (Å²) in [6.07, 6.45) is 0. The highest BCUT2D eigenvalue weighted by atomic mass is 16.5. The maximum Gasteiger partial charge on any atom is 0.379 e. The normalized spacial score (nSPS) is 9.38. The standard InChI is InChI=1S/C11H10O5/c1-7(12)16-9-5-3-8(4-6-9)10(13)11(14)15-2/h3-6H,1-2H3. The predicted octanol–water partition coefficient (Wildman–Crippen LogP) is 0.968. The van der Waals surface area contributed by atoms with E-state index in [0.29, 0.717) is 5.75 Å². The van der Waals surface area contributed by atoms with Gasteiger partial charge in [-0.15, -0.1) is 0 Å². The lowest BCUT2D eigenvalue weighted by atomic mass is 10.1. The van der Waals surface area contributed by atoms with E-state index in [1.54, 1.807) is 0 Å². The molecule has 5 heteroatoms. The molecule has 0 radical (unpaired) electrons. The van der Waals surface area contributed by atoms with Gasteiger partial charge in [0, 0.05) is 12.5 Å². The number of hydrogen-bond donors (Lipinski definition) is 0. The lowest BCUT2D eigenvalue weighted by Gasteiger charge is -2.02. The van der Waals surface area contributed by atoms with Gasteiger partial charge < -0.3 is 9.47 Å². The quantitative estimate of drug-likeness (QED) is 0.330. The molecule has 0 aliphatic carbocycles.